The Bertz CT molecular complexity index is 297. The fourth-order valence-electron chi connectivity index (χ4n) is 1.96. The molecule has 20 heavy (non-hydrogen) atoms. The molecule has 0 fully saturated rings. The Hall–Kier alpha value is 0.870. The first-order chi connectivity index (χ1) is 9.02. The minimum atomic E-state index is -3.40. The molecule has 1 unspecified atom stereocenters. The molecule has 0 aromatic rings. The summed E-state index contributed by atoms with van der Waals surface area (Å²) in [5.74, 6) is -0.0154. The van der Waals surface area contributed by atoms with Crippen molar-refractivity contribution in [1.82, 2.24) is 0 Å². The van der Waals surface area contributed by atoms with Crippen LogP contribution in [0.3, 0.4) is 0 Å². The van der Waals surface area contributed by atoms with Crippen molar-refractivity contribution in [1.29, 1.82) is 0 Å². The van der Waals surface area contributed by atoms with E-state index in [0.29, 0.717) is 6.42 Å². The van der Waals surface area contributed by atoms with Gasteiger partial charge in [0.15, 0.2) is 0 Å². The Balaban J connectivity index is 0. The van der Waals surface area contributed by atoms with Crippen LogP contribution in [0.1, 0.15) is 78.1 Å². The first kappa shape index (κ1) is 23.1. The van der Waals surface area contributed by atoms with Crippen LogP contribution in [-0.4, -0.2) is 50.0 Å². The average Bonchev–Trinajstić information content (AvgIpc) is 2.36. The van der Waals surface area contributed by atoms with E-state index >= 15 is 0 Å². The van der Waals surface area contributed by atoms with Crippen LogP contribution in [0.2, 0.25) is 0 Å². The molecule has 0 bridgehead atoms. The Morgan fingerprint density at radius 2 is 1.35 bits per heavy atom. The van der Waals surface area contributed by atoms with Gasteiger partial charge in [0.2, 0.25) is 0 Å². The van der Waals surface area contributed by atoms with E-state index in [1.54, 1.807) is 6.92 Å². The van der Waals surface area contributed by atoms with Crippen molar-refractivity contribution in [2.24, 2.45) is 5.73 Å². The fraction of sp³-hybridized carbons (Fsp3) is 1.00. The standard InChI is InChI=1S/C14H31NO3S.Na.H/c1-3-5-6-7-8-9-10-11-12-13-14(15)18-19(16,17)4-2;;/h14H,3-13,15H2,1-2H3;;. The summed E-state index contributed by atoms with van der Waals surface area (Å²) in [5, 5.41) is 0. The van der Waals surface area contributed by atoms with E-state index in [4.69, 9.17) is 9.92 Å². The van der Waals surface area contributed by atoms with E-state index in [9.17, 15) is 8.42 Å². The van der Waals surface area contributed by atoms with Gasteiger partial charge >= 0.3 is 29.6 Å². The SMILES string of the molecule is CCCCCCCCCCCC(N)OS(=O)(=O)CC.[NaH]. The van der Waals surface area contributed by atoms with Crippen molar-refractivity contribution >= 4 is 39.7 Å². The first-order valence-corrected chi connectivity index (χ1v) is 9.26. The van der Waals surface area contributed by atoms with Crippen LogP contribution in [0.5, 0.6) is 0 Å². The molecule has 0 aliphatic carbocycles. The maximum atomic E-state index is 11.2. The molecule has 0 aromatic carbocycles. The van der Waals surface area contributed by atoms with Crippen LogP contribution in [0.25, 0.3) is 0 Å². The molecule has 4 nitrogen and oxygen atoms in total. The normalized spacial score (nSPS) is 12.9. The zero-order chi connectivity index (χ0) is 14.6. The number of hydrogen-bond donors (Lipinski definition) is 1. The third-order valence-corrected chi connectivity index (χ3v) is 4.46. The predicted octanol–water partition coefficient (Wildman–Crippen LogP) is 2.91. The van der Waals surface area contributed by atoms with Crippen LogP contribution >= 0.6 is 0 Å². The van der Waals surface area contributed by atoms with Gasteiger partial charge in [-0.2, -0.15) is 8.42 Å². The molecule has 118 valence electrons. The second-order valence-corrected chi connectivity index (χ2v) is 6.98. The van der Waals surface area contributed by atoms with Crippen molar-refractivity contribution in [2.75, 3.05) is 5.75 Å². The molecular weight excluding hydrogens is 285 g/mol. The third kappa shape index (κ3) is 15.3. The van der Waals surface area contributed by atoms with E-state index < -0.39 is 16.3 Å². The summed E-state index contributed by atoms with van der Waals surface area (Å²) in [5.41, 5.74) is 5.63. The molecule has 0 aliphatic heterocycles. The summed E-state index contributed by atoms with van der Waals surface area (Å²) in [7, 11) is -3.40. The van der Waals surface area contributed by atoms with Gasteiger partial charge in [0.1, 0.15) is 6.23 Å². The molecule has 1 atom stereocenters. The van der Waals surface area contributed by atoms with E-state index in [1.165, 1.54) is 44.9 Å². The zero-order valence-corrected chi connectivity index (χ0v) is 13.4. The first-order valence-electron chi connectivity index (χ1n) is 7.68. The van der Waals surface area contributed by atoms with Gasteiger partial charge < -0.3 is 5.73 Å². The van der Waals surface area contributed by atoms with Crippen molar-refractivity contribution in [3.63, 3.8) is 0 Å². The second-order valence-electron chi connectivity index (χ2n) is 5.10. The van der Waals surface area contributed by atoms with Gasteiger partial charge in [-0.3, -0.25) is 4.18 Å². The molecule has 0 saturated carbocycles. The van der Waals surface area contributed by atoms with Gasteiger partial charge in [0.05, 0.1) is 5.75 Å². The van der Waals surface area contributed by atoms with E-state index in [1.807, 2.05) is 0 Å². The van der Waals surface area contributed by atoms with Gasteiger partial charge in [-0.25, -0.2) is 0 Å². The van der Waals surface area contributed by atoms with E-state index in [2.05, 4.69) is 6.92 Å². The molecular formula is C14H32NNaO3S. The number of nitrogens with two attached hydrogens (primary N) is 1. The van der Waals surface area contributed by atoms with Crippen LogP contribution in [-0.2, 0) is 14.3 Å². The monoisotopic (exact) mass is 317 g/mol. The third-order valence-electron chi connectivity index (χ3n) is 3.22. The Kier molecular flexibility index (Phi) is 17.1. The summed E-state index contributed by atoms with van der Waals surface area (Å²) in [6.07, 6.45) is 11.1. The van der Waals surface area contributed by atoms with Crippen molar-refractivity contribution in [2.45, 2.75) is 84.3 Å². The summed E-state index contributed by atoms with van der Waals surface area (Å²) in [6, 6.07) is 0. The van der Waals surface area contributed by atoms with Gasteiger partial charge in [-0.1, -0.05) is 58.3 Å². The second kappa shape index (κ2) is 14.8. The molecule has 2 N–H and O–H groups in total. The molecule has 0 aromatic heterocycles. The topological polar surface area (TPSA) is 69.4 Å². The molecule has 0 amide bonds. The van der Waals surface area contributed by atoms with Crippen molar-refractivity contribution in [3.8, 4) is 0 Å². The predicted molar refractivity (Wildman–Crippen MR) is 87.5 cm³/mol. The molecule has 0 rings (SSSR count). The summed E-state index contributed by atoms with van der Waals surface area (Å²) in [4.78, 5) is 0. The molecule has 0 radical (unpaired) electrons. The molecule has 0 saturated heterocycles. The quantitative estimate of drug-likeness (QED) is 0.245. The number of unbranched alkanes of at least 4 members (excludes halogenated alkanes) is 8. The van der Waals surface area contributed by atoms with Gasteiger partial charge in [0, 0.05) is 0 Å². The number of rotatable bonds is 13. The van der Waals surface area contributed by atoms with Gasteiger partial charge in [0.25, 0.3) is 10.1 Å². The van der Waals surface area contributed by atoms with E-state index in [-0.39, 0.29) is 35.3 Å². The minimum absolute atomic E-state index is 0. The molecule has 6 heteroatoms. The van der Waals surface area contributed by atoms with Crippen LogP contribution in [0.15, 0.2) is 0 Å². The van der Waals surface area contributed by atoms with Crippen molar-refractivity contribution < 1.29 is 12.6 Å². The Labute approximate surface area is 147 Å². The fourth-order valence-corrected chi connectivity index (χ4v) is 2.57. The van der Waals surface area contributed by atoms with Gasteiger partial charge in [-0.15, -0.1) is 0 Å². The van der Waals surface area contributed by atoms with Crippen LogP contribution < -0.4 is 5.73 Å². The van der Waals surface area contributed by atoms with Crippen molar-refractivity contribution in [3.05, 3.63) is 0 Å². The Morgan fingerprint density at radius 1 is 0.900 bits per heavy atom. The summed E-state index contributed by atoms with van der Waals surface area (Å²) >= 11 is 0. The molecule has 0 aliphatic rings. The maximum absolute atomic E-state index is 11.2. The average molecular weight is 317 g/mol. The Morgan fingerprint density at radius 3 is 1.80 bits per heavy atom. The molecule has 0 spiro atoms. The van der Waals surface area contributed by atoms with Crippen LogP contribution in [0, 0.1) is 0 Å². The van der Waals surface area contributed by atoms with Gasteiger partial charge in [-0.05, 0) is 19.8 Å². The molecule has 0 heterocycles. The van der Waals surface area contributed by atoms with E-state index in [0.717, 1.165) is 12.8 Å². The van der Waals surface area contributed by atoms with Crippen LogP contribution in [0.4, 0.5) is 0 Å². The number of hydrogen-bond acceptors (Lipinski definition) is 4. The zero-order valence-electron chi connectivity index (χ0n) is 12.6. The summed E-state index contributed by atoms with van der Waals surface area (Å²) < 4.78 is 27.1. The summed E-state index contributed by atoms with van der Waals surface area (Å²) in [6.45, 7) is 3.78.